The molecule has 14 heavy (non-hydrogen) atoms. The van der Waals surface area contributed by atoms with Gasteiger partial charge in [-0.05, 0) is 0 Å². The molecule has 0 aromatic carbocycles. The summed E-state index contributed by atoms with van der Waals surface area (Å²) in [7, 11) is 0. The molecule has 0 rings (SSSR count). The fraction of sp³-hybridized carbons (Fsp3) is 0. The zero-order chi connectivity index (χ0) is 10.3. The predicted molar refractivity (Wildman–Crippen MR) is 31.3 cm³/mol. The SMILES string of the molecule is O=C(O)C(=O)O.O=C([O-])C(=O)[O-].[K+].[NH4+]. The van der Waals surface area contributed by atoms with E-state index in [9.17, 15) is 0 Å². The van der Waals surface area contributed by atoms with Gasteiger partial charge in [0.05, 0.1) is 11.9 Å². The van der Waals surface area contributed by atoms with Gasteiger partial charge in [0.2, 0.25) is 0 Å². The third-order valence-corrected chi connectivity index (χ3v) is 0.350. The van der Waals surface area contributed by atoms with Gasteiger partial charge in [0.15, 0.2) is 0 Å². The zero-order valence-corrected chi connectivity index (χ0v) is 10.5. The summed E-state index contributed by atoms with van der Waals surface area (Å²) in [5.74, 6) is -8.02. The Bertz CT molecular complexity index is 177. The maximum absolute atomic E-state index is 9.10. The Kier molecular flexibility index (Phi) is 20.8. The summed E-state index contributed by atoms with van der Waals surface area (Å²) in [5, 5.41) is 32.6. The van der Waals surface area contributed by atoms with E-state index in [0.29, 0.717) is 0 Å². The van der Waals surface area contributed by atoms with Crippen LogP contribution in [0.5, 0.6) is 0 Å². The van der Waals surface area contributed by atoms with Crippen LogP contribution in [-0.2, 0) is 19.2 Å². The van der Waals surface area contributed by atoms with Crippen molar-refractivity contribution in [1.82, 2.24) is 6.15 Å². The average Bonchev–Trinajstić information content (AvgIpc) is 1.88. The number of carboxylic acid groups (broad SMARTS) is 4. The number of carboxylic acids is 4. The monoisotopic (exact) mass is 235 g/mol. The van der Waals surface area contributed by atoms with Gasteiger partial charge in [-0.25, -0.2) is 9.59 Å². The maximum atomic E-state index is 9.10. The van der Waals surface area contributed by atoms with Crippen LogP contribution in [0, 0.1) is 0 Å². The molecule has 0 unspecified atom stereocenters. The van der Waals surface area contributed by atoms with Crippen LogP contribution in [0.4, 0.5) is 0 Å². The van der Waals surface area contributed by atoms with Gasteiger partial charge in [0.25, 0.3) is 0 Å². The Morgan fingerprint density at radius 1 is 0.786 bits per heavy atom. The van der Waals surface area contributed by atoms with E-state index in [1.54, 1.807) is 0 Å². The minimum atomic E-state index is -2.19. The number of rotatable bonds is 0. The summed E-state index contributed by atoms with van der Waals surface area (Å²) in [5.41, 5.74) is 0. The van der Waals surface area contributed by atoms with E-state index in [4.69, 9.17) is 39.6 Å². The number of hydrogen-bond donors (Lipinski definition) is 3. The average molecular weight is 235 g/mol. The summed E-state index contributed by atoms with van der Waals surface area (Å²) in [6, 6.07) is 0. The molecule has 0 radical (unpaired) electrons. The van der Waals surface area contributed by atoms with Gasteiger partial charge in [-0.1, -0.05) is 0 Å². The molecular weight excluding hydrogens is 229 g/mol. The third-order valence-electron chi connectivity index (χ3n) is 0.350. The summed E-state index contributed by atoms with van der Waals surface area (Å²) in [6.07, 6.45) is 0. The number of quaternary nitrogens is 1. The minimum absolute atomic E-state index is 0. The summed E-state index contributed by atoms with van der Waals surface area (Å²) >= 11 is 0. The van der Waals surface area contributed by atoms with Gasteiger partial charge in [-0.15, -0.1) is 0 Å². The van der Waals surface area contributed by atoms with Crippen LogP contribution >= 0.6 is 0 Å². The van der Waals surface area contributed by atoms with Crippen LogP contribution in [0.3, 0.4) is 0 Å². The molecule has 0 spiro atoms. The van der Waals surface area contributed by atoms with Crippen molar-refractivity contribution in [2.75, 3.05) is 0 Å². The van der Waals surface area contributed by atoms with Gasteiger partial charge in [0, 0.05) is 0 Å². The number of aliphatic carboxylic acids is 4. The normalized spacial score (nSPS) is 6.29. The van der Waals surface area contributed by atoms with Crippen molar-refractivity contribution in [3.63, 3.8) is 0 Å². The van der Waals surface area contributed by atoms with Crippen molar-refractivity contribution < 1.29 is 91.0 Å². The molecule has 0 amide bonds. The Morgan fingerprint density at radius 3 is 0.929 bits per heavy atom. The molecule has 0 aliphatic rings. The van der Waals surface area contributed by atoms with Crippen LogP contribution in [-0.4, -0.2) is 34.1 Å². The van der Waals surface area contributed by atoms with Crippen LogP contribution in [0.25, 0.3) is 0 Å². The van der Waals surface area contributed by atoms with Crippen molar-refractivity contribution in [2.24, 2.45) is 0 Å². The molecule has 0 aliphatic heterocycles. The molecule has 0 saturated heterocycles. The first-order valence-corrected chi connectivity index (χ1v) is 2.17. The summed E-state index contributed by atoms with van der Waals surface area (Å²) in [4.78, 5) is 36.1. The Labute approximate surface area is 120 Å². The number of carbonyl (C=O) groups is 4. The van der Waals surface area contributed by atoms with E-state index >= 15 is 0 Å². The molecule has 10 heteroatoms. The number of carbonyl (C=O) groups excluding carboxylic acids is 2. The van der Waals surface area contributed by atoms with E-state index in [-0.39, 0.29) is 57.5 Å². The van der Waals surface area contributed by atoms with E-state index in [0.717, 1.165) is 0 Å². The second-order valence-electron chi connectivity index (χ2n) is 1.19. The van der Waals surface area contributed by atoms with Gasteiger partial charge in [-0.3, -0.25) is 0 Å². The second kappa shape index (κ2) is 12.5. The third kappa shape index (κ3) is 22.5. The topological polar surface area (TPSA) is 191 Å². The van der Waals surface area contributed by atoms with Crippen molar-refractivity contribution in [1.29, 1.82) is 0 Å². The molecule has 9 nitrogen and oxygen atoms in total. The molecule has 0 atom stereocenters. The van der Waals surface area contributed by atoms with Gasteiger partial charge >= 0.3 is 63.3 Å². The first kappa shape index (κ1) is 23.4. The number of hydrogen-bond acceptors (Lipinski definition) is 6. The zero-order valence-electron chi connectivity index (χ0n) is 7.34. The standard InChI is InChI=1S/2C2H2O4.K.H3N/c2*3-1(4)2(5)6;;/h2*(H,3,4)(H,5,6);;1H3/q;;+1;/p-1. The molecule has 0 saturated carbocycles. The molecule has 0 bridgehead atoms. The molecular formula is C4H6KNO8. The Balaban J connectivity index is -0.0000000625. The maximum Gasteiger partial charge on any atom is 1.00 e. The molecule has 0 heterocycles. The smallest absolute Gasteiger partial charge is 0.543 e. The van der Waals surface area contributed by atoms with Gasteiger partial charge in [-0.2, -0.15) is 0 Å². The van der Waals surface area contributed by atoms with E-state index in [1.165, 1.54) is 0 Å². The predicted octanol–water partition coefficient (Wildman–Crippen LogP) is -6.98. The first-order chi connectivity index (χ1) is 5.29. The molecule has 0 aromatic heterocycles. The minimum Gasteiger partial charge on any atom is -0.543 e. The fourth-order valence-corrected chi connectivity index (χ4v) is 0. The quantitative estimate of drug-likeness (QED) is 0.272. The summed E-state index contributed by atoms with van der Waals surface area (Å²) < 4.78 is 0. The molecule has 6 N–H and O–H groups in total. The van der Waals surface area contributed by atoms with Crippen molar-refractivity contribution in [3.05, 3.63) is 0 Å². The second-order valence-corrected chi connectivity index (χ2v) is 1.19. The van der Waals surface area contributed by atoms with Crippen LogP contribution < -0.4 is 67.7 Å². The van der Waals surface area contributed by atoms with Crippen molar-refractivity contribution in [3.8, 4) is 0 Å². The van der Waals surface area contributed by atoms with E-state index in [2.05, 4.69) is 0 Å². The van der Waals surface area contributed by atoms with Crippen molar-refractivity contribution >= 4 is 23.9 Å². The fourth-order valence-electron chi connectivity index (χ4n) is 0. The largest absolute Gasteiger partial charge is 1.00 e. The Hall–Kier alpha value is -0.524. The van der Waals surface area contributed by atoms with Crippen LogP contribution in [0.2, 0.25) is 0 Å². The van der Waals surface area contributed by atoms with Gasteiger partial charge in [0.1, 0.15) is 0 Å². The molecule has 0 aliphatic carbocycles. The van der Waals surface area contributed by atoms with Crippen LogP contribution in [0.15, 0.2) is 0 Å². The first-order valence-electron chi connectivity index (χ1n) is 2.17. The Morgan fingerprint density at radius 2 is 0.929 bits per heavy atom. The van der Waals surface area contributed by atoms with Crippen LogP contribution in [0.1, 0.15) is 0 Å². The van der Waals surface area contributed by atoms with Gasteiger partial charge < -0.3 is 36.2 Å². The molecule has 0 aromatic rings. The summed E-state index contributed by atoms with van der Waals surface area (Å²) in [6.45, 7) is 0. The molecule has 76 valence electrons. The van der Waals surface area contributed by atoms with E-state index in [1.807, 2.05) is 0 Å². The van der Waals surface area contributed by atoms with E-state index < -0.39 is 23.9 Å². The molecule has 0 fully saturated rings. The van der Waals surface area contributed by atoms with Crippen molar-refractivity contribution in [2.45, 2.75) is 0 Å².